The van der Waals surface area contributed by atoms with Gasteiger partial charge in [-0.2, -0.15) is 0 Å². The lowest BCUT2D eigenvalue weighted by Gasteiger charge is -2.12. The van der Waals surface area contributed by atoms with E-state index < -0.39 is 0 Å². The van der Waals surface area contributed by atoms with E-state index in [0.717, 1.165) is 63.4 Å². The highest BCUT2D eigenvalue weighted by atomic mass is 79.9. The van der Waals surface area contributed by atoms with Crippen molar-refractivity contribution in [3.8, 4) is 5.75 Å². The molecule has 0 saturated carbocycles. The van der Waals surface area contributed by atoms with Gasteiger partial charge in [0, 0.05) is 21.1 Å². The van der Waals surface area contributed by atoms with E-state index in [0.29, 0.717) is 18.7 Å². The summed E-state index contributed by atoms with van der Waals surface area (Å²) in [6.07, 6.45) is 7.57. The smallest absolute Gasteiger partial charge is 0.255 e. The third-order valence-corrected chi connectivity index (χ3v) is 7.66. The van der Waals surface area contributed by atoms with E-state index in [1.54, 1.807) is 23.8 Å². The Morgan fingerprint density at radius 3 is 2.74 bits per heavy atom. The molecule has 0 atom stereocenters. The van der Waals surface area contributed by atoms with E-state index in [2.05, 4.69) is 21.2 Å². The highest BCUT2D eigenvalue weighted by Crippen LogP contribution is 2.40. The Balaban J connectivity index is 1.37. The van der Waals surface area contributed by atoms with Gasteiger partial charge in [0.05, 0.1) is 18.4 Å². The van der Waals surface area contributed by atoms with Crippen molar-refractivity contribution in [3.05, 3.63) is 104 Å². The molecule has 1 N–H and O–H groups in total. The van der Waals surface area contributed by atoms with Crippen LogP contribution >= 0.6 is 27.3 Å². The van der Waals surface area contributed by atoms with Gasteiger partial charge in [-0.15, -0.1) is 11.3 Å². The van der Waals surface area contributed by atoms with Crippen molar-refractivity contribution in [3.63, 3.8) is 0 Å². The molecule has 7 heteroatoms. The van der Waals surface area contributed by atoms with E-state index in [-0.39, 0.29) is 5.91 Å². The molecule has 5 rings (SSSR count). The number of benzene rings is 2. The Morgan fingerprint density at radius 1 is 1.09 bits per heavy atom. The number of hydrogen-bond acceptors (Lipinski definition) is 5. The van der Waals surface area contributed by atoms with Crippen LogP contribution in [0, 0.1) is 0 Å². The molecule has 2 heterocycles. The minimum absolute atomic E-state index is 0.104. The lowest BCUT2D eigenvalue weighted by molar-refractivity contribution is 0.0948. The molecule has 2 aromatic heterocycles. The first-order valence-electron chi connectivity index (χ1n) is 11.6. The molecule has 0 aliphatic heterocycles. The first-order valence-corrected chi connectivity index (χ1v) is 13.2. The van der Waals surface area contributed by atoms with Crippen LogP contribution in [0.3, 0.4) is 0 Å². The highest BCUT2D eigenvalue weighted by molar-refractivity contribution is 9.10. The van der Waals surface area contributed by atoms with Crippen LogP contribution in [0.15, 0.2) is 80.8 Å². The third kappa shape index (κ3) is 5.74. The van der Waals surface area contributed by atoms with Gasteiger partial charge in [-0.1, -0.05) is 40.2 Å². The van der Waals surface area contributed by atoms with Gasteiger partial charge in [0.25, 0.3) is 5.91 Å². The van der Waals surface area contributed by atoms with E-state index >= 15 is 0 Å². The zero-order chi connectivity index (χ0) is 24.0. The number of aryl methyl sites for hydroxylation is 1. The minimum Gasteiger partial charge on any atom is -0.488 e. The molecule has 4 aromatic rings. The number of carbonyl (C=O) groups is 1. The molecule has 0 fully saturated rings. The molecular weight excluding hydrogens is 524 g/mol. The summed E-state index contributed by atoms with van der Waals surface area (Å²) in [6.45, 7) is 0.818. The number of para-hydroxylation sites is 1. The van der Waals surface area contributed by atoms with E-state index in [1.807, 2.05) is 60.7 Å². The monoisotopic (exact) mass is 548 g/mol. The maximum Gasteiger partial charge on any atom is 0.255 e. The van der Waals surface area contributed by atoms with Crippen LogP contribution in [0.2, 0.25) is 0 Å². The van der Waals surface area contributed by atoms with Crippen molar-refractivity contribution in [2.45, 2.75) is 38.8 Å². The average Bonchev–Trinajstić information content (AvgIpc) is 3.54. The number of rotatable bonds is 8. The zero-order valence-corrected chi connectivity index (χ0v) is 21.5. The SMILES string of the molecule is O=C(NCc1ccco1)c1c(N=Cc2ccccc2OCc2ccc(Br)cc2)sc2c1CCCC2. The number of ether oxygens (including phenoxy) is 1. The van der Waals surface area contributed by atoms with Crippen molar-refractivity contribution in [1.82, 2.24) is 5.32 Å². The molecule has 0 bridgehead atoms. The standard InChI is InChI=1S/C28H25BrN2O3S/c29-21-13-11-19(12-14-21)18-34-24-9-3-1-6-20(24)16-31-28-26(23-8-2-4-10-25(23)35-28)27(32)30-17-22-7-5-15-33-22/h1,3,5-7,9,11-16H,2,4,8,10,17-18H2,(H,30,32). The summed E-state index contributed by atoms with van der Waals surface area (Å²) < 4.78 is 12.5. The molecule has 0 spiro atoms. The maximum absolute atomic E-state index is 13.2. The number of hydrogen-bond donors (Lipinski definition) is 1. The van der Waals surface area contributed by atoms with Gasteiger partial charge < -0.3 is 14.5 Å². The highest BCUT2D eigenvalue weighted by Gasteiger charge is 2.25. The maximum atomic E-state index is 13.2. The Morgan fingerprint density at radius 2 is 1.91 bits per heavy atom. The molecule has 35 heavy (non-hydrogen) atoms. The van der Waals surface area contributed by atoms with Gasteiger partial charge in [0.1, 0.15) is 23.1 Å². The molecule has 0 radical (unpaired) electrons. The van der Waals surface area contributed by atoms with Crippen LogP contribution in [0.5, 0.6) is 5.75 Å². The Labute approximate surface area is 217 Å². The number of fused-ring (bicyclic) bond motifs is 1. The van der Waals surface area contributed by atoms with Crippen LogP contribution in [0.4, 0.5) is 5.00 Å². The van der Waals surface area contributed by atoms with Crippen LogP contribution in [0.1, 0.15) is 50.5 Å². The van der Waals surface area contributed by atoms with E-state index in [9.17, 15) is 4.79 Å². The predicted octanol–water partition coefficient (Wildman–Crippen LogP) is 7.24. The van der Waals surface area contributed by atoms with Gasteiger partial charge in [0.15, 0.2) is 0 Å². The normalized spacial score (nSPS) is 13.1. The molecule has 1 aliphatic rings. The average molecular weight is 549 g/mol. The Kier molecular flexibility index (Phi) is 7.45. The summed E-state index contributed by atoms with van der Waals surface area (Å²) in [5, 5.41) is 3.75. The summed E-state index contributed by atoms with van der Waals surface area (Å²) >= 11 is 5.08. The fraction of sp³-hybridized carbons (Fsp3) is 0.214. The number of amides is 1. The number of thiophene rings is 1. The number of halogens is 1. The lowest BCUT2D eigenvalue weighted by atomic mass is 9.95. The van der Waals surface area contributed by atoms with Gasteiger partial charge >= 0.3 is 0 Å². The third-order valence-electron chi connectivity index (χ3n) is 5.93. The second kappa shape index (κ2) is 11.1. The largest absolute Gasteiger partial charge is 0.488 e. The quantitative estimate of drug-likeness (QED) is 0.236. The van der Waals surface area contributed by atoms with Gasteiger partial charge in [-0.25, -0.2) is 4.99 Å². The van der Waals surface area contributed by atoms with Crippen LogP contribution in [-0.4, -0.2) is 12.1 Å². The van der Waals surface area contributed by atoms with Gasteiger partial charge in [-0.3, -0.25) is 4.79 Å². The van der Waals surface area contributed by atoms with Crippen molar-refractivity contribution in [2.75, 3.05) is 0 Å². The first-order chi connectivity index (χ1) is 17.2. The summed E-state index contributed by atoms with van der Waals surface area (Å²) in [7, 11) is 0. The van der Waals surface area contributed by atoms with Crippen molar-refractivity contribution in [2.24, 2.45) is 4.99 Å². The molecule has 1 aliphatic carbocycles. The molecule has 5 nitrogen and oxygen atoms in total. The lowest BCUT2D eigenvalue weighted by Crippen LogP contribution is -2.23. The van der Waals surface area contributed by atoms with Crippen molar-refractivity contribution < 1.29 is 13.9 Å². The fourth-order valence-electron chi connectivity index (χ4n) is 4.13. The summed E-state index contributed by atoms with van der Waals surface area (Å²) in [6, 6.07) is 19.6. The second-order valence-corrected chi connectivity index (χ2v) is 10.4. The number of carbonyl (C=O) groups excluding carboxylic acids is 1. The molecular formula is C28H25BrN2O3S. The van der Waals surface area contributed by atoms with Crippen molar-refractivity contribution >= 4 is 44.4 Å². The van der Waals surface area contributed by atoms with Crippen molar-refractivity contribution in [1.29, 1.82) is 0 Å². The van der Waals surface area contributed by atoms with Crippen LogP contribution in [-0.2, 0) is 26.0 Å². The number of furan rings is 1. The van der Waals surface area contributed by atoms with Crippen LogP contribution < -0.4 is 10.1 Å². The topological polar surface area (TPSA) is 63.8 Å². The van der Waals surface area contributed by atoms with E-state index in [1.165, 1.54) is 4.88 Å². The number of aliphatic imine (C=N–C) groups is 1. The summed E-state index contributed by atoms with van der Waals surface area (Å²) in [4.78, 5) is 19.3. The number of nitrogens with zero attached hydrogens (tertiary/aromatic N) is 1. The Hall–Kier alpha value is -3.16. The second-order valence-electron chi connectivity index (χ2n) is 8.36. The Bertz CT molecular complexity index is 1330. The number of nitrogens with one attached hydrogen (secondary N) is 1. The molecule has 178 valence electrons. The molecule has 2 aromatic carbocycles. The van der Waals surface area contributed by atoms with Gasteiger partial charge in [0.2, 0.25) is 0 Å². The van der Waals surface area contributed by atoms with Crippen LogP contribution in [0.25, 0.3) is 0 Å². The first kappa shape index (κ1) is 23.6. The van der Waals surface area contributed by atoms with E-state index in [4.69, 9.17) is 14.1 Å². The predicted molar refractivity (Wildman–Crippen MR) is 143 cm³/mol. The molecule has 0 saturated heterocycles. The van der Waals surface area contributed by atoms with Gasteiger partial charge in [-0.05, 0) is 73.2 Å². The fourth-order valence-corrected chi connectivity index (χ4v) is 5.63. The minimum atomic E-state index is -0.104. The summed E-state index contributed by atoms with van der Waals surface area (Å²) in [5.41, 5.74) is 3.80. The zero-order valence-electron chi connectivity index (χ0n) is 19.1. The summed E-state index contributed by atoms with van der Waals surface area (Å²) in [5.74, 6) is 1.38. The molecule has 1 amide bonds. The molecule has 0 unspecified atom stereocenters.